The average Bonchev–Trinajstić information content (AvgIpc) is 2.91. The first kappa shape index (κ1) is 13.9. The molecule has 0 aliphatic rings. The van der Waals surface area contributed by atoms with E-state index in [1.54, 1.807) is 12.1 Å². The number of H-pyrrole nitrogens is 1. The zero-order valence-electron chi connectivity index (χ0n) is 10.2. The monoisotopic (exact) mass is 296 g/mol. The third kappa shape index (κ3) is 2.57. The maximum Gasteiger partial charge on any atom is 0.324 e. The lowest BCUT2D eigenvalue weighted by Gasteiger charge is -2.22. The van der Waals surface area contributed by atoms with Gasteiger partial charge in [0, 0.05) is 0 Å². The molecule has 0 saturated heterocycles. The fourth-order valence-electron chi connectivity index (χ4n) is 1.64. The Balaban J connectivity index is 2.55. The molecule has 2 rings (SSSR count). The number of aliphatic carboxylic acids is 1. The maximum absolute atomic E-state index is 12.4. The van der Waals surface area contributed by atoms with Crippen LogP contribution in [0.25, 0.3) is 0 Å². The summed E-state index contributed by atoms with van der Waals surface area (Å²) in [6.45, 7) is -0.741. The van der Waals surface area contributed by atoms with Gasteiger partial charge in [0.05, 0.1) is 17.6 Å². The number of sulfonamides is 1. The number of aromatic amines is 1. The largest absolute Gasteiger partial charge is 0.480 e. The topological polar surface area (TPSA) is 129 Å². The number of aromatic nitrogens is 2. The molecular weight excluding hydrogens is 284 g/mol. The van der Waals surface area contributed by atoms with Gasteiger partial charge in [-0.3, -0.25) is 14.2 Å². The van der Waals surface area contributed by atoms with Crippen molar-refractivity contribution in [1.82, 2.24) is 10.2 Å². The first-order chi connectivity index (χ1) is 9.43. The van der Waals surface area contributed by atoms with E-state index in [4.69, 9.17) is 10.8 Å². The summed E-state index contributed by atoms with van der Waals surface area (Å²) in [6.07, 6.45) is 1.26. The van der Waals surface area contributed by atoms with Crippen molar-refractivity contribution in [3.63, 3.8) is 0 Å². The molecule has 0 saturated carbocycles. The molecule has 0 amide bonds. The van der Waals surface area contributed by atoms with Crippen LogP contribution >= 0.6 is 0 Å². The van der Waals surface area contributed by atoms with Crippen molar-refractivity contribution >= 4 is 27.4 Å². The van der Waals surface area contributed by atoms with Crippen molar-refractivity contribution in [2.75, 3.05) is 16.6 Å². The van der Waals surface area contributed by atoms with Gasteiger partial charge in [0.25, 0.3) is 10.0 Å². The van der Waals surface area contributed by atoms with Crippen LogP contribution in [-0.2, 0) is 14.8 Å². The van der Waals surface area contributed by atoms with E-state index in [1.165, 1.54) is 24.4 Å². The molecule has 2 aromatic rings. The molecule has 1 aromatic carbocycles. The molecule has 4 N–H and O–H groups in total. The summed E-state index contributed by atoms with van der Waals surface area (Å²) < 4.78 is 25.6. The van der Waals surface area contributed by atoms with Gasteiger partial charge in [0.2, 0.25) is 0 Å². The third-order valence-corrected chi connectivity index (χ3v) is 4.22. The smallest absolute Gasteiger partial charge is 0.324 e. The van der Waals surface area contributed by atoms with Gasteiger partial charge in [0.1, 0.15) is 6.54 Å². The minimum Gasteiger partial charge on any atom is -0.480 e. The van der Waals surface area contributed by atoms with Gasteiger partial charge in [-0.25, -0.2) is 0 Å². The van der Waals surface area contributed by atoms with Gasteiger partial charge in [-0.1, -0.05) is 12.1 Å². The van der Waals surface area contributed by atoms with Crippen molar-refractivity contribution in [2.45, 2.75) is 5.03 Å². The molecular formula is C11H12N4O4S. The van der Waals surface area contributed by atoms with Crippen LogP contribution in [0.15, 0.2) is 41.6 Å². The van der Waals surface area contributed by atoms with Gasteiger partial charge in [0.15, 0.2) is 5.03 Å². The van der Waals surface area contributed by atoms with E-state index in [-0.39, 0.29) is 16.4 Å². The molecule has 20 heavy (non-hydrogen) atoms. The quantitative estimate of drug-likeness (QED) is 0.679. The van der Waals surface area contributed by atoms with E-state index in [0.29, 0.717) is 0 Å². The number of hydrogen-bond donors (Lipinski definition) is 3. The van der Waals surface area contributed by atoms with E-state index in [1.807, 2.05) is 0 Å². The minimum absolute atomic E-state index is 0.101. The fraction of sp³-hybridized carbons (Fsp3) is 0.0909. The lowest BCUT2D eigenvalue weighted by Crippen LogP contribution is -2.36. The molecule has 0 spiro atoms. The standard InChI is InChI=1S/C11H12N4O4S/c12-8-3-1-2-4-9(8)15(7-11(16)17)20(18,19)10-5-6-13-14-10/h1-6H,7,12H2,(H,13,14)(H,16,17). The Labute approximate surface area is 114 Å². The third-order valence-electron chi connectivity index (χ3n) is 2.53. The number of para-hydroxylation sites is 2. The Morgan fingerprint density at radius 3 is 2.60 bits per heavy atom. The Morgan fingerprint density at radius 2 is 2.05 bits per heavy atom. The number of anilines is 2. The second-order valence-corrected chi connectivity index (χ2v) is 5.72. The predicted octanol–water partition coefficient (Wildman–Crippen LogP) is 0.272. The number of benzene rings is 1. The molecule has 106 valence electrons. The number of nitrogens with two attached hydrogens (primary N) is 1. The van der Waals surface area contributed by atoms with Crippen molar-refractivity contribution in [3.8, 4) is 0 Å². The van der Waals surface area contributed by atoms with Gasteiger partial charge < -0.3 is 10.8 Å². The number of carbonyl (C=O) groups is 1. The SMILES string of the molecule is Nc1ccccc1N(CC(=O)O)S(=O)(=O)c1ccn[nH]1. The molecule has 0 atom stereocenters. The number of nitrogen functional groups attached to an aromatic ring is 1. The van der Waals surface area contributed by atoms with Gasteiger partial charge in [-0.2, -0.15) is 13.5 Å². The number of nitrogens with zero attached hydrogens (tertiary/aromatic N) is 2. The summed E-state index contributed by atoms with van der Waals surface area (Å²) >= 11 is 0. The number of nitrogens with one attached hydrogen (secondary N) is 1. The highest BCUT2D eigenvalue weighted by Gasteiger charge is 2.29. The van der Waals surface area contributed by atoms with Crippen LogP contribution in [-0.4, -0.2) is 36.2 Å². The number of carboxylic acid groups (broad SMARTS) is 1. The van der Waals surface area contributed by atoms with E-state index >= 15 is 0 Å². The molecule has 1 heterocycles. The van der Waals surface area contributed by atoms with Crippen LogP contribution in [0.3, 0.4) is 0 Å². The molecule has 9 heteroatoms. The lowest BCUT2D eigenvalue weighted by molar-refractivity contribution is -0.135. The van der Waals surface area contributed by atoms with Crippen LogP contribution in [0.1, 0.15) is 0 Å². The zero-order valence-corrected chi connectivity index (χ0v) is 11.0. The lowest BCUT2D eigenvalue weighted by atomic mass is 10.3. The van der Waals surface area contributed by atoms with Gasteiger partial charge in [-0.05, 0) is 18.2 Å². The normalized spacial score (nSPS) is 11.2. The van der Waals surface area contributed by atoms with E-state index in [0.717, 1.165) is 4.31 Å². The molecule has 0 unspecified atom stereocenters. The summed E-state index contributed by atoms with van der Waals surface area (Å²) in [7, 11) is -4.07. The summed E-state index contributed by atoms with van der Waals surface area (Å²) in [4.78, 5) is 10.9. The van der Waals surface area contributed by atoms with E-state index < -0.39 is 22.5 Å². The summed E-state index contributed by atoms with van der Waals surface area (Å²) in [5.74, 6) is -1.30. The minimum atomic E-state index is -4.07. The highest BCUT2D eigenvalue weighted by Crippen LogP contribution is 2.27. The van der Waals surface area contributed by atoms with E-state index in [2.05, 4.69) is 10.2 Å². The molecule has 0 fully saturated rings. The summed E-state index contributed by atoms with van der Waals surface area (Å²) in [5.41, 5.74) is 5.99. The Bertz CT molecular complexity index is 712. The molecule has 8 nitrogen and oxygen atoms in total. The number of hydrogen-bond acceptors (Lipinski definition) is 5. The van der Waals surface area contributed by atoms with Gasteiger partial charge in [-0.15, -0.1) is 0 Å². The maximum atomic E-state index is 12.4. The first-order valence-electron chi connectivity index (χ1n) is 5.51. The Kier molecular flexibility index (Phi) is 3.61. The molecule has 1 aromatic heterocycles. The highest BCUT2D eigenvalue weighted by atomic mass is 32.2. The average molecular weight is 296 g/mol. The molecule has 0 bridgehead atoms. The van der Waals surface area contributed by atoms with Crippen molar-refractivity contribution in [3.05, 3.63) is 36.5 Å². The summed E-state index contributed by atoms with van der Waals surface area (Å²) in [5, 5.41) is 14.6. The van der Waals surface area contributed by atoms with Crippen LogP contribution in [0, 0.1) is 0 Å². The van der Waals surface area contributed by atoms with Crippen LogP contribution < -0.4 is 10.0 Å². The second kappa shape index (κ2) is 5.21. The van der Waals surface area contributed by atoms with Crippen molar-refractivity contribution in [1.29, 1.82) is 0 Å². The van der Waals surface area contributed by atoms with Crippen LogP contribution in [0.5, 0.6) is 0 Å². The van der Waals surface area contributed by atoms with Crippen molar-refractivity contribution in [2.24, 2.45) is 0 Å². The Morgan fingerprint density at radius 1 is 1.35 bits per heavy atom. The number of carboxylic acids is 1. The second-order valence-electron chi connectivity index (χ2n) is 3.89. The predicted molar refractivity (Wildman–Crippen MR) is 71.6 cm³/mol. The van der Waals surface area contributed by atoms with Gasteiger partial charge >= 0.3 is 5.97 Å². The molecule has 0 aliphatic heterocycles. The van der Waals surface area contributed by atoms with Crippen molar-refractivity contribution < 1.29 is 18.3 Å². The Hall–Kier alpha value is -2.55. The summed E-state index contributed by atoms with van der Waals surface area (Å²) in [6, 6.07) is 7.37. The molecule has 0 aliphatic carbocycles. The highest BCUT2D eigenvalue weighted by molar-refractivity contribution is 7.92. The number of rotatable bonds is 5. The zero-order chi connectivity index (χ0) is 14.8. The fourth-order valence-corrected chi connectivity index (χ4v) is 2.99. The van der Waals surface area contributed by atoms with E-state index in [9.17, 15) is 13.2 Å². The first-order valence-corrected chi connectivity index (χ1v) is 6.95. The van der Waals surface area contributed by atoms with Crippen LogP contribution in [0.2, 0.25) is 0 Å². The van der Waals surface area contributed by atoms with Crippen LogP contribution in [0.4, 0.5) is 11.4 Å². The molecule has 0 radical (unpaired) electrons.